The maximum absolute atomic E-state index is 13.4. The monoisotopic (exact) mass is 442 g/mol. The standard InChI is InChI=1S/C24H28F2N4O2/c1-16-13-27-5-2-18(16)14-28-23(32)29-15-19-12-24(19)3-6-30(7-4-24)22(31)10-17-8-20(25)11-21(26)9-17/h2,5,8-9,11,13,19H,3-4,6-7,10,12,14-15H2,1H3,(H2,28,29,32). The van der Waals surface area contributed by atoms with Gasteiger partial charge in [-0.3, -0.25) is 9.78 Å². The largest absolute Gasteiger partial charge is 0.342 e. The molecule has 4 rings (SSSR count). The van der Waals surface area contributed by atoms with Crippen molar-refractivity contribution in [2.24, 2.45) is 11.3 Å². The van der Waals surface area contributed by atoms with E-state index in [2.05, 4.69) is 15.6 Å². The number of aromatic nitrogens is 1. The second-order valence-electron chi connectivity index (χ2n) is 8.96. The van der Waals surface area contributed by atoms with Gasteiger partial charge in [0.05, 0.1) is 6.42 Å². The summed E-state index contributed by atoms with van der Waals surface area (Å²) in [5.41, 5.74) is 2.62. The molecule has 1 atom stereocenters. The Kier molecular flexibility index (Phi) is 6.39. The number of nitrogens with one attached hydrogen (secondary N) is 2. The van der Waals surface area contributed by atoms with Gasteiger partial charge in [-0.1, -0.05) is 0 Å². The Bertz CT molecular complexity index is 985. The minimum atomic E-state index is -0.668. The average molecular weight is 443 g/mol. The number of amides is 3. The van der Waals surface area contributed by atoms with Gasteiger partial charge in [-0.25, -0.2) is 13.6 Å². The molecule has 3 amide bonds. The van der Waals surface area contributed by atoms with E-state index in [4.69, 9.17) is 0 Å². The molecular formula is C24H28F2N4O2. The van der Waals surface area contributed by atoms with Gasteiger partial charge in [0, 0.05) is 44.6 Å². The molecule has 6 nitrogen and oxygen atoms in total. The van der Waals surface area contributed by atoms with E-state index in [1.165, 1.54) is 12.1 Å². The summed E-state index contributed by atoms with van der Waals surface area (Å²) >= 11 is 0. The second kappa shape index (κ2) is 9.22. The average Bonchev–Trinajstić information content (AvgIpc) is 3.42. The number of pyridine rings is 1. The van der Waals surface area contributed by atoms with Crippen molar-refractivity contribution in [1.29, 1.82) is 0 Å². The minimum absolute atomic E-state index is 0.00376. The first kappa shape index (κ1) is 22.2. The highest BCUT2D eigenvalue weighted by molar-refractivity contribution is 5.79. The number of piperidine rings is 1. The third kappa shape index (κ3) is 5.23. The van der Waals surface area contributed by atoms with Crippen LogP contribution in [-0.2, 0) is 17.8 Å². The summed E-state index contributed by atoms with van der Waals surface area (Å²) in [5.74, 6) is -1.02. The maximum atomic E-state index is 13.4. The zero-order valence-corrected chi connectivity index (χ0v) is 18.2. The van der Waals surface area contributed by atoms with E-state index in [-0.39, 0.29) is 23.8 Å². The molecule has 1 aromatic heterocycles. The number of carbonyl (C=O) groups is 2. The van der Waals surface area contributed by atoms with Crippen molar-refractivity contribution in [2.75, 3.05) is 19.6 Å². The van der Waals surface area contributed by atoms with Gasteiger partial charge >= 0.3 is 6.03 Å². The molecule has 2 aliphatic rings. The van der Waals surface area contributed by atoms with Gasteiger partial charge in [0.2, 0.25) is 5.91 Å². The van der Waals surface area contributed by atoms with E-state index in [1.54, 1.807) is 17.3 Å². The molecule has 1 aliphatic carbocycles. The van der Waals surface area contributed by atoms with Gasteiger partial charge in [0.15, 0.2) is 0 Å². The molecule has 2 fully saturated rings. The lowest BCUT2D eigenvalue weighted by molar-refractivity contribution is -0.132. The van der Waals surface area contributed by atoms with Crippen LogP contribution in [0.3, 0.4) is 0 Å². The molecule has 0 radical (unpaired) electrons. The normalized spacial score (nSPS) is 19.0. The summed E-state index contributed by atoms with van der Waals surface area (Å²) in [6.07, 6.45) is 6.32. The lowest BCUT2D eigenvalue weighted by atomic mass is 9.90. The van der Waals surface area contributed by atoms with Gasteiger partial charge in [-0.05, 0) is 72.4 Å². The van der Waals surface area contributed by atoms with E-state index in [9.17, 15) is 18.4 Å². The lowest BCUT2D eigenvalue weighted by Crippen LogP contribution is -2.41. The van der Waals surface area contributed by atoms with Crippen LogP contribution < -0.4 is 10.6 Å². The van der Waals surface area contributed by atoms with Crippen molar-refractivity contribution >= 4 is 11.9 Å². The number of benzene rings is 1. The fraction of sp³-hybridized carbons (Fsp3) is 0.458. The molecule has 1 aliphatic heterocycles. The summed E-state index contributed by atoms with van der Waals surface area (Å²) in [6, 6.07) is 4.93. The Morgan fingerprint density at radius 2 is 1.88 bits per heavy atom. The molecule has 1 aromatic carbocycles. The number of urea groups is 1. The zero-order chi connectivity index (χ0) is 22.7. The van der Waals surface area contributed by atoms with Gasteiger partial charge in [0.1, 0.15) is 11.6 Å². The molecular weight excluding hydrogens is 414 g/mol. The van der Waals surface area contributed by atoms with Crippen molar-refractivity contribution in [3.05, 3.63) is 65.0 Å². The number of rotatable bonds is 6. The lowest BCUT2D eigenvalue weighted by Gasteiger charge is -2.33. The van der Waals surface area contributed by atoms with Crippen LogP contribution in [0.5, 0.6) is 0 Å². The molecule has 1 saturated heterocycles. The SMILES string of the molecule is Cc1cnccc1CNC(=O)NCC1CC12CCN(C(=O)Cc1cc(F)cc(F)c1)CC2. The Labute approximate surface area is 186 Å². The summed E-state index contributed by atoms with van der Waals surface area (Å²) in [6.45, 7) is 4.32. The third-order valence-electron chi connectivity index (χ3n) is 6.83. The molecule has 1 spiro atoms. The fourth-order valence-electron chi connectivity index (χ4n) is 4.69. The van der Waals surface area contributed by atoms with Gasteiger partial charge in [0.25, 0.3) is 0 Å². The van der Waals surface area contributed by atoms with E-state index in [1.807, 2.05) is 13.0 Å². The first-order valence-electron chi connectivity index (χ1n) is 11.0. The number of likely N-dealkylation sites (tertiary alicyclic amines) is 1. The fourth-order valence-corrected chi connectivity index (χ4v) is 4.69. The number of hydrogen-bond donors (Lipinski definition) is 2. The van der Waals surface area contributed by atoms with Crippen LogP contribution in [0, 0.1) is 29.9 Å². The van der Waals surface area contributed by atoms with Gasteiger partial charge in [-0.15, -0.1) is 0 Å². The van der Waals surface area contributed by atoms with Crippen molar-refractivity contribution in [3.63, 3.8) is 0 Å². The van der Waals surface area contributed by atoms with Crippen molar-refractivity contribution in [3.8, 4) is 0 Å². The first-order valence-corrected chi connectivity index (χ1v) is 11.0. The summed E-state index contributed by atoms with van der Waals surface area (Å²) in [5, 5.41) is 5.85. The number of halogens is 2. The summed E-state index contributed by atoms with van der Waals surface area (Å²) < 4.78 is 26.7. The second-order valence-corrected chi connectivity index (χ2v) is 8.96. The predicted octanol–water partition coefficient (Wildman–Crippen LogP) is 3.34. The molecule has 2 aromatic rings. The number of nitrogens with zero attached hydrogens (tertiary/aromatic N) is 2. The number of hydrogen-bond acceptors (Lipinski definition) is 3. The van der Waals surface area contributed by atoms with E-state index in [0.29, 0.717) is 37.7 Å². The highest BCUT2D eigenvalue weighted by Gasteiger charge is 2.54. The quantitative estimate of drug-likeness (QED) is 0.721. The van der Waals surface area contributed by atoms with Crippen molar-refractivity contribution in [1.82, 2.24) is 20.5 Å². The van der Waals surface area contributed by atoms with Crippen molar-refractivity contribution in [2.45, 2.75) is 39.2 Å². The van der Waals surface area contributed by atoms with Crippen LogP contribution in [0.15, 0.2) is 36.7 Å². The van der Waals surface area contributed by atoms with E-state index < -0.39 is 11.6 Å². The van der Waals surface area contributed by atoms with Crippen LogP contribution in [0.4, 0.5) is 13.6 Å². The van der Waals surface area contributed by atoms with Crippen LogP contribution in [0.1, 0.15) is 36.0 Å². The molecule has 2 heterocycles. The van der Waals surface area contributed by atoms with Crippen molar-refractivity contribution < 1.29 is 18.4 Å². The molecule has 170 valence electrons. The molecule has 2 N–H and O–H groups in total. The van der Waals surface area contributed by atoms with Gasteiger partial charge in [-0.2, -0.15) is 0 Å². The zero-order valence-electron chi connectivity index (χ0n) is 18.2. The van der Waals surface area contributed by atoms with E-state index >= 15 is 0 Å². The number of aryl methyl sites for hydroxylation is 1. The summed E-state index contributed by atoms with van der Waals surface area (Å²) in [4.78, 5) is 30.5. The predicted molar refractivity (Wildman–Crippen MR) is 116 cm³/mol. The first-order chi connectivity index (χ1) is 15.3. The molecule has 1 saturated carbocycles. The molecule has 8 heteroatoms. The Morgan fingerprint density at radius 3 is 2.56 bits per heavy atom. The summed E-state index contributed by atoms with van der Waals surface area (Å²) in [7, 11) is 0. The smallest absolute Gasteiger partial charge is 0.315 e. The highest BCUT2D eigenvalue weighted by Crippen LogP contribution is 2.59. The minimum Gasteiger partial charge on any atom is -0.342 e. The Balaban J connectivity index is 1.18. The Morgan fingerprint density at radius 1 is 1.16 bits per heavy atom. The van der Waals surface area contributed by atoms with Gasteiger partial charge < -0.3 is 15.5 Å². The topological polar surface area (TPSA) is 74.3 Å². The van der Waals surface area contributed by atoms with Crippen LogP contribution in [-0.4, -0.2) is 41.5 Å². The number of carbonyl (C=O) groups excluding carboxylic acids is 2. The molecule has 1 unspecified atom stereocenters. The molecule has 32 heavy (non-hydrogen) atoms. The van der Waals surface area contributed by atoms with Crippen LogP contribution >= 0.6 is 0 Å². The van der Waals surface area contributed by atoms with E-state index in [0.717, 1.165) is 36.5 Å². The van der Waals surface area contributed by atoms with Crippen LogP contribution in [0.2, 0.25) is 0 Å². The highest BCUT2D eigenvalue weighted by atomic mass is 19.1. The van der Waals surface area contributed by atoms with Crippen LogP contribution in [0.25, 0.3) is 0 Å². The molecule has 0 bridgehead atoms. The Hall–Kier alpha value is -3.03. The third-order valence-corrected chi connectivity index (χ3v) is 6.83. The maximum Gasteiger partial charge on any atom is 0.315 e.